The lowest BCUT2D eigenvalue weighted by Gasteiger charge is -2.18. The van der Waals surface area contributed by atoms with Crippen LogP contribution in [0.15, 0.2) is 12.3 Å². The fourth-order valence-electron chi connectivity index (χ4n) is 2.35. The first-order valence-corrected chi connectivity index (χ1v) is 9.73. The molecule has 0 radical (unpaired) electrons. The first kappa shape index (κ1) is 13.0. The van der Waals surface area contributed by atoms with Crippen molar-refractivity contribution in [2.75, 3.05) is 12.3 Å². The average molecular weight is 263 g/mol. The number of anilines is 1. The van der Waals surface area contributed by atoms with E-state index in [9.17, 15) is 0 Å². The van der Waals surface area contributed by atoms with E-state index in [0.29, 0.717) is 12.4 Å². The van der Waals surface area contributed by atoms with Crippen LogP contribution in [0.5, 0.6) is 5.88 Å². The molecule has 0 amide bonds. The number of aryl methyl sites for hydroxylation is 1. The van der Waals surface area contributed by atoms with E-state index < -0.39 is 8.07 Å². The van der Waals surface area contributed by atoms with Gasteiger partial charge >= 0.3 is 0 Å². The van der Waals surface area contributed by atoms with Crippen molar-refractivity contribution in [3.8, 4) is 5.88 Å². The van der Waals surface area contributed by atoms with E-state index in [-0.39, 0.29) is 0 Å². The Bertz CT molecular complexity index is 584. The van der Waals surface area contributed by atoms with Crippen LogP contribution < -0.4 is 15.7 Å². The first-order valence-electron chi connectivity index (χ1n) is 6.23. The van der Waals surface area contributed by atoms with Crippen LogP contribution in [0, 0.1) is 0 Å². The fraction of sp³-hybridized carbons (Fsp3) is 0.462. The van der Waals surface area contributed by atoms with Crippen LogP contribution in [-0.4, -0.2) is 24.2 Å². The number of rotatable bonds is 3. The summed E-state index contributed by atoms with van der Waals surface area (Å²) in [5.41, 5.74) is 6.88. The van der Waals surface area contributed by atoms with Gasteiger partial charge in [0.05, 0.1) is 20.2 Å². The standard InChI is InChI=1S/C13H21N3OSi/c1-6-17-13-12(18(3,4)5)9-8-15-11(14)7-10(9)16(13)2/h7-8H,6H2,1-5H3,(H2,14,15). The van der Waals surface area contributed by atoms with Gasteiger partial charge in [-0.2, -0.15) is 0 Å². The minimum Gasteiger partial charge on any atom is -0.479 e. The summed E-state index contributed by atoms with van der Waals surface area (Å²) in [5, 5.41) is 2.50. The number of fused-ring (bicyclic) bond motifs is 1. The van der Waals surface area contributed by atoms with E-state index in [1.807, 2.05) is 26.2 Å². The lowest BCUT2D eigenvalue weighted by molar-refractivity contribution is 0.319. The lowest BCUT2D eigenvalue weighted by Crippen LogP contribution is -2.38. The van der Waals surface area contributed by atoms with Gasteiger partial charge in [0.15, 0.2) is 5.88 Å². The molecule has 5 heteroatoms. The quantitative estimate of drug-likeness (QED) is 0.863. The number of hydrogen-bond donors (Lipinski definition) is 1. The van der Waals surface area contributed by atoms with Crippen molar-refractivity contribution in [1.29, 1.82) is 0 Å². The van der Waals surface area contributed by atoms with E-state index in [4.69, 9.17) is 10.5 Å². The topological polar surface area (TPSA) is 53.1 Å². The van der Waals surface area contributed by atoms with Crippen molar-refractivity contribution < 1.29 is 4.74 Å². The molecule has 2 aromatic heterocycles. The number of nitrogen functional groups attached to an aromatic ring is 1. The lowest BCUT2D eigenvalue weighted by atomic mass is 10.3. The summed E-state index contributed by atoms with van der Waals surface area (Å²) in [5.74, 6) is 1.52. The van der Waals surface area contributed by atoms with Crippen molar-refractivity contribution >= 4 is 30.0 Å². The molecule has 2 heterocycles. The van der Waals surface area contributed by atoms with Crippen LogP contribution in [0.2, 0.25) is 19.6 Å². The second-order valence-electron chi connectivity index (χ2n) is 5.55. The zero-order valence-corrected chi connectivity index (χ0v) is 12.7. The van der Waals surface area contributed by atoms with Crippen molar-refractivity contribution in [3.63, 3.8) is 0 Å². The summed E-state index contributed by atoms with van der Waals surface area (Å²) in [6.45, 7) is 9.64. The summed E-state index contributed by atoms with van der Waals surface area (Å²) in [4.78, 5) is 4.23. The highest BCUT2D eigenvalue weighted by Gasteiger charge is 2.28. The van der Waals surface area contributed by atoms with Crippen LogP contribution in [-0.2, 0) is 7.05 Å². The van der Waals surface area contributed by atoms with E-state index >= 15 is 0 Å². The summed E-state index contributed by atoms with van der Waals surface area (Å²) in [7, 11) is 0.521. The van der Waals surface area contributed by atoms with Crippen molar-refractivity contribution in [2.24, 2.45) is 7.05 Å². The van der Waals surface area contributed by atoms with Gasteiger partial charge in [-0.25, -0.2) is 4.98 Å². The van der Waals surface area contributed by atoms with Crippen LogP contribution in [0.25, 0.3) is 10.9 Å². The highest BCUT2D eigenvalue weighted by molar-refractivity contribution is 6.91. The Morgan fingerprint density at radius 1 is 1.39 bits per heavy atom. The molecule has 0 fully saturated rings. The molecule has 18 heavy (non-hydrogen) atoms. The average Bonchev–Trinajstić information content (AvgIpc) is 2.53. The Balaban J connectivity index is 2.83. The maximum Gasteiger partial charge on any atom is 0.193 e. The Hall–Kier alpha value is -1.49. The Kier molecular flexibility index (Phi) is 3.10. The molecule has 0 aliphatic carbocycles. The third-order valence-electron chi connectivity index (χ3n) is 3.08. The van der Waals surface area contributed by atoms with Crippen LogP contribution in [0.4, 0.5) is 5.82 Å². The highest BCUT2D eigenvalue weighted by atomic mass is 28.3. The normalized spacial score (nSPS) is 12.1. The Labute approximate surface area is 109 Å². The molecule has 4 nitrogen and oxygen atoms in total. The van der Waals surface area contributed by atoms with Crippen molar-refractivity contribution in [2.45, 2.75) is 26.6 Å². The van der Waals surface area contributed by atoms with Gasteiger partial charge in [0, 0.05) is 29.9 Å². The second kappa shape index (κ2) is 4.31. The molecule has 0 atom stereocenters. The minimum absolute atomic E-state index is 0.549. The summed E-state index contributed by atoms with van der Waals surface area (Å²) in [6, 6.07) is 1.92. The van der Waals surface area contributed by atoms with Crippen molar-refractivity contribution in [3.05, 3.63) is 12.3 Å². The molecular formula is C13H21N3OSi. The number of nitrogens with zero attached hydrogens (tertiary/aromatic N) is 2. The molecule has 0 bridgehead atoms. The third-order valence-corrected chi connectivity index (χ3v) is 5.07. The monoisotopic (exact) mass is 263 g/mol. The van der Waals surface area contributed by atoms with Gasteiger partial charge in [-0.15, -0.1) is 0 Å². The van der Waals surface area contributed by atoms with Crippen LogP contribution in [0.3, 0.4) is 0 Å². The van der Waals surface area contributed by atoms with Gasteiger partial charge < -0.3 is 15.0 Å². The highest BCUT2D eigenvalue weighted by Crippen LogP contribution is 2.26. The molecule has 2 aromatic rings. The molecule has 0 aliphatic rings. The molecule has 2 rings (SSSR count). The van der Waals surface area contributed by atoms with Gasteiger partial charge in [-0.3, -0.25) is 0 Å². The zero-order chi connectivity index (χ0) is 13.5. The molecule has 0 saturated heterocycles. The number of aromatic nitrogens is 2. The Morgan fingerprint density at radius 2 is 2.06 bits per heavy atom. The van der Waals surface area contributed by atoms with Gasteiger partial charge in [0.25, 0.3) is 0 Å². The van der Waals surface area contributed by atoms with E-state index in [2.05, 4.69) is 29.2 Å². The summed E-state index contributed by atoms with van der Waals surface area (Å²) >= 11 is 0. The third kappa shape index (κ3) is 1.99. The summed E-state index contributed by atoms with van der Waals surface area (Å²) in [6.07, 6.45) is 1.88. The van der Waals surface area contributed by atoms with Gasteiger partial charge in [-0.05, 0) is 6.92 Å². The van der Waals surface area contributed by atoms with E-state index in [0.717, 1.165) is 11.4 Å². The number of ether oxygens (including phenoxy) is 1. The van der Waals surface area contributed by atoms with E-state index in [1.165, 1.54) is 10.6 Å². The maximum absolute atomic E-state index is 5.85. The molecule has 0 aromatic carbocycles. The van der Waals surface area contributed by atoms with E-state index in [1.54, 1.807) is 0 Å². The van der Waals surface area contributed by atoms with Gasteiger partial charge in [0.1, 0.15) is 5.82 Å². The molecular weight excluding hydrogens is 242 g/mol. The number of hydrogen-bond acceptors (Lipinski definition) is 3. The number of nitrogens with two attached hydrogens (primary N) is 1. The largest absolute Gasteiger partial charge is 0.479 e. The van der Waals surface area contributed by atoms with Crippen LogP contribution >= 0.6 is 0 Å². The SMILES string of the molecule is CCOc1c([Si](C)(C)C)c2cnc(N)cc2n1C. The molecule has 0 spiro atoms. The fourth-order valence-corrected chi connectivity index (χ4v) is 4.24. The van der Waals surface area contributed by atoms with Gasteiger partial charge in [-0.1, -0.05) is 19.6 Å². The molecule has 98 valence electrons. The molecule has 0 aliphatic heterocycles. The van der Waals surface area contributed by atoms with Crippen LogP contribution in [0.1, 0.15) is 6.92 Å². The smallest absolute Gasteiger partial charge is 0.193 e. The first-order chi connectivity index (χ1) is 8.36. The maximum atomic E-state index is 5.85. The van der Waals surface area contributed by atoms with Gasteiger partial charge in [0.2, 0.25) is 0 Å². The minimum atomic E-state index is -1.50. The molecule has 0 unspecified atom stereocenters. The summed E-state index contributed by atoms with van der Waals surface area (Å²) < 4.78 is 7.94. The second-order valence-corrected chi connectivity index (χ2v) is 10.5. The zero-order valence-electron chi connectivity index (χ0n) is 11.7. The Morgan fingerprint density at radius 3 is 2.61 bits per heavy atom. The molecule has 0 saturated carbocycles. The molecule has 2 N–H and O–H groups in total. The predicted molar refractivity (Wildman–Crippen MR) is 79.3 cm³/mol. The predicted octanol–water partition coefficient (Wildman–Crippen LogP) is 2.10. The van der Waals surface area contributed by atoms with Crippen molar-refractivity contribution in [1.82, 2.24) is 9.55 Å². The number of pyridine rings is 1.